The van der Waals surface area contributed by atoms with Crippen LogP contribution >= 0.6 is 0 Å². The maximum absolute atomic E-state index is 11.6. The Morgan fingerprint density at radius 3 is 1.55 bits per heavy atom. The molecule has 1 aliphatic rings. The van der Waals surface area contributed by atoms with E-state index in [-0.39, 0.29) is 12.2 Å². The first-order valence-electron chi connectivity index (χ1n) is 7.50. The Hall–Kier alpha value is -1.66. The van der Waals surface area contributed by atoms with Crippen LogP contribution < -0.4 is 0 Å². The second kappa shape index (κ2) is 9.38. The van der Waals surface area contributed by atoms with Crippen molar-refractivity contribution in [3.63, 3.8) is 0 Å². The Balaban J connectivity index is 2.70. The summed E-state index contributed by atoms with van der Waals surface area (Å²) in [5.74, 6) is -1.05. The standard InChI is InChI=1S/C16H24O6/c1-11-3-5-13(17)8-10-16(20)22-12(2)4-6-14(18)7-9-15(19)21-11/h7-14,17-18H,3-6H2,1-2H3/b9-7-,10-8+/t11?,12?,13-,14+/m1/s1. The normalized spacial score (nSPS) is 35.3. The second-order valence-corrected chi connectivity index (χ2v) is 5.50. The van der Waals surface area contributed by atoms with Crippen molar-refractivity contribution < 1.29 is 29.3 Å². The molecule has 2 N–H and O–H groups in total. The lowest BCUT2D eigenvalue weighted by atomic mass is 10.1. The lowest BCUT2D eigenvalue weighted by molar-refractivity contribution is -0.143. The summed E-state index contributed by atoms with van der Waals surface area (Å²) in [5, 5.41) is 19.5. The molecule has 1 heterocycles. The first-order valence-corrected chi connectivity index (χ1v) is 7.50. The van der Waals surface area contributed by atoms with E-state index in [1.165, 1.54) is 24.3 Å². The van der Waals surface area contributed by atoms with Gasteiger partial charge in [-0.2, -0.15) is 0 Å². The van der Waals surface area contributed by atoms with E-state index in [4.69, 9.17) is 9.47 Å². The molecule has 0 fully saturated rings. The van der Waals surface area contributed by atoms with E-state index in [0.29, 0.717) is 25.7 Å². The van der Waals surface area contributed by atoms with Crippen LogP contribution in [0.1, 0.15) is 39.5 Å². The number of aliphatic hydroxyl groups excluding tert-OH is 2. The number of esters is 2. The fraction of sp³-hybridized carbons (Fsp3) is 0.625. The highest BCUT2D eigenvalue weighted by Crippen LogP contribution is 2.10. The maximum Gasteiger partial charge on any atom is 0.330 e. The number of hydrogen-bond acceptors (Lipinski definition) is 6. The molecule has 0 amide bonds. The summed E-state index contributed by atoms with van der Waals surface area (Å²) in [5.41, 5.74) is 0. The van der Waals surface area contributed by atoms with E-state index in [1.807, 2.05) is 0 Å². The summed E-state index contributed by atoms with van der Waals surface area (Å²) in [6.07, 6.45) is 4.44. The molecule has 6 heteroatoms. The summed E-state index contributed by atoms with van der Waals surface area (Å²) in [6.45, 7) is 3.44. The Labute approximate surface area is 130 Å². The van der Waals surface area contributed by atoms with Gasteiger partial charge in [-0.3, -0.25) is 0 Å². The first-order chi connectivity index (χ1) is 10.4. The van der Waals surface area contributed by atoms with Gasteiger partial charge in [0.2, 0.25) is 0 Å². The highest BCUT2D eigenvalue weighted by molar-refractivity contribution is 5.82. The van der Waals surface area contributed by atoms with Crippen molar-refractivity contribution >= 4 is 11.9 Å². The van der Waals surface area contributed by atoms with E-state index in [9.17, 15) is 19.8 Å². The van der Waals surface area contributed by atoms with Crippen LogP contribution in [-0.2, 0) is 19.1 Å². The monoisotopic (exact) mass is 312 g/mol. The maximum atomic E-state index is 11.6. The minimum absolute atomic E-state index is 0.361. The van der Waals surface area contributed by atoms with Crippen LogP contribution in [0.25, 0.3) is 0 Å². The van der Waals surface area contributed by atoms with Crippen LogP contribution in [0.2, 0.25) is 0 Å². The van der Waals surface area contributed by atoms with Gasteiger partial charge in [0.25, 0.3) is 0 Å². The van der Waals surface area contributed by atoms with Gasteiger partial charge in [0.1, 0.15) is 0 Å². The second-order valence-electron chi connectivity index (χ2n) is 5.50. The molecule has 0 saturated carbocycles. The Kier molecular flexibility index (Phi) is 7.84. The third-order valence-corrected chi connectivity index (χ3v) is 3.28. The fourth-order valence-corrected chi connectivity index (χ4v) is 1.98. The summed E-state index contributed by atoms with van der Waals surface area (Å²) >= 11 is 0. The SMILES string of the molecule is CC1CC[C@@H](O)/C=C/C(=O)OC(C)CC[C@H](O)/C=C\C(=O)O1. The van der Waals surface area contributed by atoms with Crippen molar-refractivity contribution in [2.45, 2.75) is 63.9 Å². The van der Waals surface area contributed by atoms with Crippen LogP contribution in [0.15, 0.2) is 24.3 Å². The van der Waals surface area contributed by atoms with E-state index in [0.717, 1.165) is 0 Å². The Bertz CT molecular complexity index is 388. The molecule has 0 aliphatic carbocycles. The van der Waals surface area contributed by atoms with Gasteiger partial charge in [0, 0.05) is 12.2 Å². The van der Waals surface area contributed by atoms with E-state index >= 15 is 0 Å². The number of carbonyl (C=O) groups is 2. The van der Waals surface area contributed by atoms with Gasteiger partial charge >= 0.3 is 11.9 Å². The minimum atomic E-state index is -0.797. The predicted molar refractivity (Wildman–Crippen MR) is 79.9 cm³/mol. The largest absolute Gasteiger partial charge is 0.460 e. The van der Waals surface area contributed by atoms with Crippen LogP contribution in [0.5, 0.6) is 0 Å². The minimum Gasteiger partial charge on any atom is -0.460 e. The molecule has 0 aromatic carbocycles. The zero-order chi connectivity index (χ0) is 16.5. The van der Waals surface area contributed by atoms with Crippen molar-refractivity contribution in [2.24, 2.45) is 0 Å². The molecule has 0 bridgehead atoms. The van der Waals surface area contributed by atoms with Crippen molar-refractivity contribution in [3.8, 4) is 0 Å². The third-order valence-electron chi connectivity index (χ3n) is 3.28. The average Bonchev–Trinajstić information content (AvgIpc) is 2.46. The molecule has 4 atom stereocenters. The van der Waals surface area contributed by atoms with Crippen LogP contribution in [0, 0.1) is 0 Å². The third kappa shape index (κ3) is 7.95. The van der Waals surface area contributed by atoms with Gasteiger partial charge < -0.3 is 19.7 Å². The molecular weight excluding hydrogens is 288 g/mol. The van der Waals surface area contributed by atoms with E-state index in [2.05, 4.69) is 0 Å². The predicted octanol–water partition coefficient (Wildman–Crippen LogP) is 1.26. The smallest absolute Gasteiger partial charge is 0.330 e. The average molecular weight is 312 g/mol. The van der Waals surface area contributed by atoms with Gasteiger partial charge in [-0.15, -0.1) is 0 Å². The zero-order valence-electron chi connectivity index (χ0n) is 13.0. The van der Waals surface area contributed by atoms with E-state index < -0.39 is 24.1 Å². The number of carbonyl (C=O) groups excluding carboxylic acids is 2. The number of hydrogen-bond donors (Lipinski definition) is 2. The van der Waals surface area contributed by atoms with Gasteiger partial charge in [-0.05, 0) is 51.7 Å². The summed E-state index contributed by atoms with van der Waals surface area (Å²) < 4.78 is 10.3. The van der Waals surface area contributed by atoms with Crippen LogP contribution in [0.3, 0.4) is 0 Å². The van der Waals surface area contributed by atoms with Crippen LogP contribution in [-0.4, -0.2) is 46.6 Å². The molecule has 1 aliphatic heterocycles. The van der Waals surface area contributed by atoms with Crippen molar-refractivity contribution in [2.75, 3.05) is 0 Å². The highest BCUT2D eigenvalue weighted by atomic mass is 16.5. The van der Waals surface area contributed by atoms with Crippen molar-refractivity contribution in [3.05, 3.63) is 24.3 Å². The molecule has 0 radical (unpaired) electrons. The van der Waals surface area contributed by atoms with Gasteiger partial charge in [0.05, 0.1) is 24.4 Å². The first kappa shape index (κ1) is 18.4. The Morgan fingerprint density at radius 1 is 0.818 bits per heavy atom. The summed E-state index contributed by atoms with van der Waals surface area (Å²) in [4.78, 5) is 23.1. The summed E-state index contributed by atoms with van der Waals surface area (Å²) in [7, 11) is 0. The topological polar surface area (TPSA) is 93.1 Å². The quantitative estimate of drug-likeness (QED) is 0.654. The highest BCUT2D eigenvalue weighted by Gasteiger charge is 2.13. The zero-order valence-corrected chi connectivity index (χ0v) is 13.0. The fourth-order valence-electron chi connectivity index (χ4n) is 1.98. The molecule has 2 unspecified atom stereocenters. The molecule has 22 heavy (non-hydrogen) atoms. The number of aliphatic hydroxyl groups is 2. The molecular formula is C16H24O6. The van der Waals surface area contributed by atoms with Gasteiger partial charge in [0.15, 0.2) is 0 Å². The molecule has 0 saturated heterocycles. The van der Waals surface area contributed by atoms with Crippen molar-refractivity contribution in [1.82, 2.24) is 0 Å². The number of ether oxygens (including phenoxy) is 2. The molecule has 0 spiro atoms. The molecule has 6 nitrogen and oxygen atoms in total. The molecule has 0 aromatic rings. The van der Waals surface area contributed by atoms with Gasteiger partial charge in [-0.25, -0.2) is 9.59 Å². The lowest BCUT2D eigenvalue weighted by Crippen LogP contribution is -2.18. The lowest BCUT2D eigenvalue weighted by Gasteiger charge is -2.15. The van der Waals surface area contributed by atoms with Crippen molar-refractivity contribution in [1.29, 1.82) is 0 Å². The van der Waals surface area contributed by atoms with Gasteiger partial charge in [-0.1, -0.05) is 0 Å². The Morgan fingerprint density at radius 2 is 1.18 bits per heavy atom. The number of cyclic esters (lactones) is 2. The van der Waals surface area contributed by atoms with Crippen LogP contribution in [0.4, 0.5) is 0 Å². The van der Waals surface area contributed by atoms with E-state index in [1.54, 1.807) is 13.8 Å². The molecule has 124 valence electrons. The summed E-state index contributed by atoms with van der Waals surface area (Å²) in [6, 6.07) is 0. The molecule has 0 aromatic heterocycles. The molecule has 1 rings (SSSR count). The number of rotatable bonds is 0.